The first kappa shape index (κ1) is 14.3. The Morgan fingerprint density at radius 2 is 2.10 bits per heavy atom. The fourth-order valence-electron chi connectivity index (χ4n) is 2.27. The van der Waals surface area contributed by atoms with Gasteiger partial charge in [-0.3, -0.25) is 4.57 Å². The highest BCUT2D eigenvalue weighted by Gasteiger charge is 2.21. The Balaban J connectivity index is 2.42. The van der Waals surface area contributed by atoms with Crippen molar-refractivity contribution >= 4 is 34.4 Å². The average Bonchev–Trinajstić information content (AvgIpc) is 2.77. The second-order valence-corrected chi connectivity index (χ2v) is 5.91. The summed E-state index contributed by atoms with van der Waals surface area (Å²) in [6.45, 7) is 3.70. The Morgan fingerprint density at radius 3 is 2.76 bits per heavy atom. The molecule has 0 bridgehead atoms. The lowest BCUT2D eigenvalue weighted by atomic mass is 10.2. The minimum atomic E-state index is -0.442. The molecular formula is C15H12Cl2FN3. The number of pyridine rings is 1. The molecule has 2 heterocycles. The maximum Gasteiger partial charge on any atom is 0.164 e. The van der Waals surface area contributed by atoms with Crippen molar-refractivity contribution in [2.75, 3.05) is 0 Å². The van der Waals surface area contributed by atoms with Crippen molar-refractivity contribution < 1.29 is 4.39 Å². The van der Waals surface area contributed by atoms with Gasteiger partial charge in [0, 0.05) is 6.20 Å². The largest absolute Gasteiger partial charge is 0.275 e. The standard InChI is InChI=1S/C15H12Cl2FN3/c1-8-6-12-15(19-7-8)21(14(20-12)9(2)16)13-10(17)4-3-5-11(13)18/h3-7,9H,1-2H3. The molecule has 6 heteroatoms. The summed E-state index contributed by atoms with van der Waals surface area (Å²) in [4.78, 5) is 8.83. The zero-order valence-corrected chi connectivity index (χ0v) is 13.0. The molecular weight excluding hydrogens is 312 g/mol. The molecule has 0 fully saturated rings. The zero-order chi connectivity index (χ0) is 15.1. The number of halogens is 3. The third-order valence-electron chi connectivity index (χ3n) is 3.18. The molecule has 0 amide bonds. The number of aromatic nitrogens is 3. The van der Waals surface area contributed by atoms with Crippen LogP contribution in [0, 0.1) is 12.7 Å². The van der Waals surface area contributed by atoms with Crippen molar-refractivity contribution in [2.24, 2.45) is 0 Å². The molecule has 1 unspecified atom stereocenters. The Kier molecular flexibility index (Phi) is 3.59. The van der Waals surface area contributed by atoms with E-state index in [0.717, 1.165) is 5.56 Å². The minimum absolute atomic E-state index is 0.223. The van der Waals surface area contributed by atoms with Crippen molar-refractivity contribution in [3.8, 4) is 5.69 Å². The summed E-state index contributed by atoms with van der Waals surface area (Å²) in [5, 5.41) is -0.120. The molecule has 1 atom stereocenters. The average molecular weight is 324 g/mol. The number of nitrogens with zero attached hydrogens (tertiary/aromatic N) is 3. The van der Waals surface area contributed by atoms with Crippen LogP contribution < -0.4 is 0 Å². The lowest BCUT2D eigenvalue weighted by molar-refractivity contribution is 0.616. The predicted molar refractivity (Wildman–Crippen MR) is 82.8 cm³/mol. The van der Waals surface area contributed by atoms with Crippen LogP contribution in [0.25, 0.3) is 16.9 Å². The Labute approximate surface area is 131 Å². The van der Waals surface area contributed by atoms with Gasteiger partial charge in [-0.25, -0.2) is 14.4 Å². The van der Waals surface area contributed by atoms with E-state index in [1.807, 2.05) is 13.0 Å². The summed E-state index contributed by atoms with van der Waals surface area (Å²) < 4.78 is 15.8. The summed E-state index contributed by atoms with van der Waals surface area (Å²) in [7, 11) is 0. The van der Waals surface area contributed by atoms with Crippen LogP contribution in [-0.2, 0) is 0 Å². The number of hydrogen-bond donors (Lipinski definition) is 0. The third kappa shape index (κ3) is 2.39. The van der Waals surface area contributed by atoms with E-state index in [1.54, 1.807) is 29.8 Å². The molecule has 108 valence electrons. The monoisotopic (exact) mass is 323 g/mol. The number of alkyl halides is 1. The predicted octanol–water partition coefficient (Wildman–Crippen LogP) is 4.82. The zero-order valence-electron chi connectivity index (χ0n) is 11.4. The van der Waals surface area contributed by atoms with Crippen LogP contribution in [0.4, 0.5) is 4.39 Å². The molecule has 21 heavy (non-hydrogen) atoms. The summed E-state index contributed by atoms with van der Waals surface area (Å²) >= 11 is 12.4. The highest BCUT2D eigenvalue weighted by Crippen LogP contribution is 2.32. The second-order valence-electron chi connectivity index (χ2n) is 4.85. The van der Waals surface area contributed by atoms with Gasteiger partial charge in [0.25, 0.3) is 0 Å². The first-order chi connectivity index (χ1) is 9.99. The SMILES string of the molecule is Cc1cnc2c(c1)nc(C(C)Cl)n2-c1c(F)cccc1Cl. The van der Waals surface area contributed by atoms with Gasteiger partial charge in [-0.05, 0) is 37.6 Å². The van der Waals surface area contributed by atoms with E-state index < -0.39 is 11.2 Å². The van der Waals surface area contributed by atoms with Crippen molar-refractivity contribution in [3.05, 3.63) is 52.7 Å². The molecule has 0 aliphatic carbocycles. The van der Waals surface area contributed by atoms with Gasteiger partial charge >= 0.3 is 0 Å². The number of para-hydroxylation sites is 1. The highest BCUT2D eigenvalue weighted by molar-refractivity contribution is 6.32. The number of rotatable bonds is 2. The molecule has 0 N–H and O–H groups in total. The maximum absolute atomic E-state index is 14.3. The van der Waals surface area contributed by atoms with Crippen LogP contribution in [-0.4, -0.2) is 14.5 Å². The minimum Gasteiger partial charge on any atom is -0.275 e. The highest BCUT2D eigenvalue weighted by atomic mass is 35.5. The van der Waals surface area contributed by atoms with E-state index >= 15 is 0 Å². The molecule has 0 spiro atoms. The molecule has 3 nitrogen and oxygen atoms in total. The summed E-state index contributed by atoms with van der Waals surface area (Å²) in [5.41, 5.74) is 2.40. The van der Waals surface area contributed by atoms with E-state index in [-0.39, 0.29) is 10.7 Å². The maximum atomic E-state index is 14.3. The van der Waals surface area contributed by atoms with Gasteiger partial charge in [0.15, 0.2) is 5.65 Å². The molecule has 0 saturated heterocycles. The molecule has 3 rings (SSSR count). The van der Waals surface area contributed by atoms with Crippen molar-refractivity contribution in [1.29, 1.82) is 0 Å². The number of benzene rings is 1. The number of imidazole rings is 1. The van der Waals surface area contributed by atoms with Gasteiger partial charge in [-0.2, -0.15) is 0 Å². The molecule has 0 radical (unpaired) electrons. The molecule has 0 aliphatic heterocycles. The molecule has 1 aromatic carbocycles. The first-order valence-corrected chi connectivity index (χ1v) is 7.24. The quantitative estimate of drug-likeness (QED) is 0.633. The lowest BCUT2D eigenvalue weighted by Gasteiger charge is -2.12. The molecule has 0 aliphatic rings. The van der Waals surface area contributed by atoms with Gasteiger partial charge in [0.2, 0.25) is 0 Å². The lowest BCUT2D eigenvalue weighted by Crippen LogP contribution is -2.05. The molecule has 2 aromatic heterocycles. The Bertz CT molecular complexity index is 807. The van der Waals surface area contributed by atoms with Crippen LogP contribution in [0.1, 0.15) is 23.7 Å². The summed E-state index contributed by atoms with van der Waals surface area (Å²) in [5.74, 6) is 0.0690. The van der Waals surface area contributed by atoms with Gasteiger partial charge in [0.1, 0.15) is 22.8 Å². The number of aryl methyl sites for hydroxylation is 1. The van der Waals surface area contributed by atoms with E-state index in [0.29, 0.717) is 17.0 Å². The Morgan fingerprint density at radius 1 is 1.33 bits per heavy atom. The van der Waals surface area contributed by atoms with Crippen molar-refractivity contribution in [1.82, 2.24) is 14.5 Å². The van der Waals surface area contributed by atoms with Crippen LogP contribution in [0.2, 0.25) is 5.02 Å². The second kappa shape index (κ2) is 5.28. The first-order valence-electron chi connectivity index (χ1n) is 6.42. The van der Waals surface area contributed by atoms with Gasteiger partial charge in [-0.1, -0.05) is 17.7 Å². The third-order valence-corrected chi connectivity index (χ3v) is 3.68. The van der Waals surface area contributed by atoms with Gasteiger partial charge in [-0.15, -0.1) is 11.6 Å². The van der Waals surface area contributed by atoms with Crippen LogP contribution >= 0.6 is 23.2 Å². The topological polar surface area (TPSA) is 30.7 Å². The van der Waals surface area contributed by atoms with E-state index in [1.165, 1.54) is 6.07 Å². The summed E-state index contributed by atoms with van der Waals surface area (Å²) in [6.07, 6.45) is 1.71. The Hall–Kier alpha value is -1.65. The number of hydrogen-bond acceptors (Lipinski definition) is 2. The van der Waals surface area contributed by atoms with E-state index in [4.69, 9.17) is 23.2 Å². The van der Waals surface area contributed by atoms with Crippen LogP contribution in [0.15, 0.2) is 30.5 Å². The molecule has 0 saturated carbocycles. The number of fused-ring (bicyclic) bond motifs is 1. The fraction of sp³-hybridized carbons (Fsp3) is 0.200. The molecule has 3 aromatic rings. The van der Waals surface area contributed by atoms with E-state index in [2.05, 4.69) is 9.97 Å². The van der Waals surface area contributed by atoms with Crippen LogP contribution in [0.5, 0.6) is 0 Å². The fourth-order valence-corrected chi connectivity index (χ4v) is 2.67. The van der Waals surface area contributed by atoms with E-state index in [9.17, 15) is 4.39 Å². The van der Waals surface area contributed by atoms with Gasteiger partial charge < -0.3 is 0 Å². The van der Waals surface area contributed by atoms with Crippen molar-refractivity contribution in [2.45, 2.75) is 19.2 Å². The van der Waals surface area contributed by atoms with Gasteiger partial charge in [0.05, 0.1) is 10.4 Å². The van der Waals surface area contributed by atoms with Crippen molar-refractivity contribution in [3.63, 3.8) is 0 Å². The smallest absolute Gasteiger partial charge is 0.164 e. The van der Waals surface area contributed by atoms with Crippen LogP contribution in [0.3, 0.4) is 0 Å². The summed E-state index contributed by atoms with van der Waals surface area (Å²) in [6, 6.07) is 6.42. The normalized spacial score (nSPS) is 12.8.